The lowest BCUT2D eigenvalue weighted by Gasteiger charge is -2.32. The zero-order valence-electron chi connectivity index (χ0n) is 11.9. The van der Waals surface area contributed by atoms with E-state index in [2.05, 4.69) is 14.8 Å². The van der Waals surface area contributed by atoms with Crippen molar-refractivity contribution in [1.82, 2.24) is 9.88 Å². The number of aromatic carboxylic acids is 1. The molecule has 2 saturated heterocycles. The molecule has 2 aliphatic rings. The lowest BCUT2D eigenvalue weighted by Crippen LogP contribution is -2.44. The monoisotopic (exact) mass is 292 g/mol. The maximum absolute atomic E-state index is 11.2. The number of rotatable bonds is 3. The van der Waals surface area contributed by atoms with Crippen LogP contribution in [-0.4, -0.2) is 66.4 Å². The number of nitrogen functional groups attached to an aromatic ring is 1. The second kappa shape index (κ2) is 5.87. The van der Waals surface area contributed by atoms with Gasteiger partial charge >= 0.3 is 5.97 Å². The van der Waals surface area contributed by atoms with Crippen LogP contribution in [-0.2, 0) is 4.74 Å². The third-order valence-electron chi connectivity index (χ3n) is 4.22. The largest absolute Gasteiger partial charge is 0.478 e. The SMILES string of the molecule is Nc1c(C(=O)O)ccnc1N1CCC(N2CCOCC2)C1. The van der Waals surface area contributed by atoms with Crippen molar-refractivity contribution in [2.45, 2.75) is 12.5 Å². The molecule has 21 heavy (non-hydrogen) atoms. The maximum atomic E-state index is 11.2. The number of carboxylic acid groups (broad SMARTS) is 1. The Kier molecular flexibility index (Phi) is 3.94. The maximum Gasteiger partial charge on any atom is 0.337 e. The van der Waals surface area contributed by atoms with Crippen LogP contribution in [0.2, 0.25) is 0 Å². The number of pyridine rings is 1. The van der Waals surface area contributed by atoms with E-state index in [4.69, 9.17) is 15.6 Å². The molecule has 1 aromatic heterocycles. The van der Waals surface area contributed by atoms with Crippen molar-refractivity contribution in [2.24, 2.45) is 0 Å². The Labute approximate surface area is 123 Å². The number of ether oxygens (including phenoxy) is 1. The molecule has 0 aliphatic carbocycles. The first-order chi connectivity index (χ1) is 10.2. The number of carboxylic acids is 1. The van der Waals surface area contributed by atoms with Crippen LogP contribution < -0.4 is 10.6 Å². The molecule has 2 fully saturated rings. The molecule has 1 atom stereocenters. The van der Waals surface area contributed by atoms with Crippen LogP contribution >= 0.6 is 0 Å². The van der Waals surface area contributed by atoms with Gasteiger partial charge in [0, 0.05) is 38.4 Å². The summed E-state index contributed by atoms with van der Waals surface area (Å²) in [6.45, 7) is 5.16. The van der Waals surface area contributed by atoms with Crippen molar-refractivity contribution in [3.05, 3.63) is 17.8 Å². The Balaban J connectivity index is 1.74. The van der Waals surface area contributed by atoms with Gasteiger partial charge in [-0.15, -0.1) is 0 Å². The van der Waals surface area contributed by atoms with Crippen LogP contribution in [0.3, 0.4) is 0 Å². The lowest BCUT2D eigenvalue weighted by molar-refractivity contribution is 0.0209. The highest BCUT2D eigenvalue weighted by molar-refractivity contribution is 5.96. The average Bonchev–Trinajstić information content (AvgIpc) is 2.98. The summed E-state index contributed by atoms with van der Waals surface area (Å²) >= 11 is 0. The first kappa shape index (κ1) is 14.1. The standard InChI is InChI=1S/C14H20N4O3/c15-12-11(14(19)20)1-3-16-13(12)18-4-2-10(9-18)17-5-7-21-8-6-17/h1,3,10H,2,4-9,15H2,(H,19,20). The minimum atomic E-state index is -1.01. The number of hydrogen-bond acceptors (Lipinski definition) is 6. The Morgan fingerprint density at radius 2 is 2.14 bits per heavy atom. The van der Waals surface area contributed by atoms with Gasteiger partial charge in [-0.3, -0.25) is 4.90 Å². The fraction of sp³-hybridized carbons (Fsp3) is 0.571. The molecule has 2 aliphatic heterocycles. The molecule has 1 unspecified atom stereocenters. The minimum absolute atomic E-state index is 0.120. The summed E-state index contributed by atoms with van der Waals surface area (Å²) in [4.78, 5) is 19.9. The molecule has 0 bridgehead atoms. The zero-order chi connectivity index (χ0) is 14.8. The Hall–Kier alpha value is -1.86. The van der Waals surface area contributed by atoms with Gasteiger partial charge in [0.05, 0.1) is 24.5 Å². The molecule has 7 nitrogen and oxygen atoms in total. The van der Waals surface area contributed by atoms with Crippen molar-refractivity contribution in [3.8, 4) is 0 Å². The quantitative estimate of drug-likeness (QED) is 0.826. The second-order valence-electron chi connectivity index (χ2n) is 5.44. The van der Waals surface area contributed by atoms with Crippen LogP contribution in [0.25, 0.3) is 0 Å². The summed E-state index contributed by atoms with van der Waals surface area (Å²) < 4.78 is 5.38. The van der Waals surface area contributed by atoms with Crippen molar-refractivity contribution in [3.63, 3.8) is 0 Å². The molecule has 0 spiro atoms. The highest BCUT2D eigenvalue weighted by atomic mass is 16.5. The fourth-order valence-corrected chi connectivity index (χ4v) is 3.08. The predicted octanol–water partition coefficient (Wildman–Crippen LogP) is 0.273. The summed E-state index contributed by atoms with van der Waals surface area (Å²) in [5.74, 6) is -0.425. The van der Waals surface area contributed by atoms with Gasteiger partial charge < -0.3 is 20.5 Å². The van der Waals surface area contributed by atoms with Crippen molar-refractivity contribution in [1.29, 1.82) is 0 Å². The first-order valence-electron chi connectivity index (χ1n) is 7.21. The average molecular weight is 292 g/mol. The van der Waals surface area contributed by atoms with E-state index in [1.807, 2.05) is 0 Å². The molecular formula is C14H20N4O3. The number of hydrogen-bond donors (Lipinski definition) is 2. The van der Waals surface area contributed by atoms with Crippen molar-refractivity contribution < 1.29 is 14.6 Å². The highest BCUT2D eigenvalue weighted by Gasteiger charge is 2.30. The predicted molar refractivity (Wildman–Crippen MR) is 78.6 cm³/mol. The number of morpholine rings is 1. The molecule has 0 amide bonds. The fourth-order valence-electron chi connectivity index (χ4n) is 3.08. The summed E-state index contributed by atoms with van der Waals surface area (Å²) in [5.41, 5.74) is 6.35. The molecule has 3 N–H and O–H groups in total. The summed E-state index contributed by atoms with van der Waals surface area (Å²) in [6.07, 6.45) is 2.55. The van der Waals surface area contributed by atoms with E-state index in [-0.39, 0.29) is 11.3 Å². The number of carbonyl (C=O) groups is 1. The van der Waals surface area contributed by atoms with Crippen LogP contribution in [0.1, 0.15) is 16.8 Å². The summed E-state index contributed by atoms with van der Waals surface area (Å²) in [5, 5.41) is 9.14. The number of anilines is 2. The Bertz CT molecular complexity index is 531. The van der Waals surface area contributed by atoms with E-state index in [0.29, 0.717) is 11.9 Å². The van der Waals surface area contributed by atoms with Gasteiger partial charge in [-0.2, -0.15) is 0 Å². The van der Waals surface area contributed by atoms with Crippen LogP contribution in [0.5, 0.6) is 0 Å². The summed E-state index contributed by atoms with van der Waals surface area (Å²) in [6, 6.07) is 1.90. The van der Waals surface area contributed by atoms with E-state index in [0.717, 1.165) is 45.8 Å². The van der Waals surface area contributed by atoms with E-state index in [1.165, 1.54) is 12.3 Å². The van der Waals surface area contributed by atoms with Crippen molar-refractivity contribution >= 4 is 17.5 Å². The van der Waals surface area contributed by atoms with Gasteiger partial charge in [0.1, 0.15) is 0 Å². The Morgan fingerprint density at radius 1 is 1.38 bits per heavy atom. The molecule has 0 aromatic carbocycles. The van der Waals surface area contributed by atoms with Gasteiger partial charge in [-0.25, -0.2) is 9.78 Å². The van der Waals surface area contributed by atoms with Gasteiger partial charge in [-0.05, 0) is 12.5 Å². The molecule has 1 aromatic rings. The Morgan fingerprint density at radius 3 is 2.86 bits per heavy atom. The molecule has 3 heterocycles. The molecular weight excluding hydrogens is 272 g/mol. The molecule has 0 saturated carbocycles. The van der Waals surface area contributed by atoms with E-state index in [1.54, 1.807) is 0 Å². The molecule has 114 valence electrons. The molecule has 7 heteroatoms. The molecule has 0 radical (unpaired) electrons. The van der Waals surface area contributed by atoms with E-state index >= 15 is 0 Å². The summed E-state index contributed by atoms with van der Waals surface area (Å²) in [7, 11) is 0. The normalized spacial score (nSPS) is 23.4. The first-order valence-corrected chi connectivity index (χ1v) is 7.21. The topological polar surface area (TPSA) is 91.9 Å². The van der Waals surface area contributed by atoms with Crippen LogP contribution in [0.4, 0.5) is 11.5 Å². The van der Waals surface area contributed by atoms with E-state index in [9.17, 15) is 4.79 Å². The van der Waals surface area contributed by atoms with Crippen LogP contribution in [0.15, 0.2) is 12.3 Å². The van der Waals surface area contributed by atoms with Crippen molar-refractivity contribution in [2.75, 3.05) is 50.0 Å². The number of nitrogens with two attached hydrogens (primary N) is 1. The lowest BCUT2D eigenvalue weighted by atomic mass is 10.2. The highest BCUT2D eigenvalue weighted by Crippen LogP contribution is 2.28. The van der Waals surface area contributed by atoms with Gasteiger partial charge in [0.15, 0.2) is 5.82 Å². The number of aromatic nitrogens is 1. The van der Waals surface area contributed by atoms with Gasteiger partial charge in [-0.1, -0.05) is 0 Å². The van der Waals surface area contributed by atoms with Gasteiger partial charge in [0.2, 0.25) is 0 Å². The van der Waals surface area contributed by atoms with Gasteiger partial charge in [0.25, 0.3) is 0 Å². The smallest absolute Gasteiger partial charge is 0.337 e. The third-order valence-corrected chi connectivity index (χ3v) is 4.22. The number of nitrogens with zero attached hydrogens (tertiary/aromatic N) is 3. The third kappa shape index (κ3) is 2.79. The second-order valence-corrected chi connectivity index (χ2v) is 5.44. The minimum Gasteiger partial charge on any atom is -0.478 e. The van der Waals surface area contributed by atoms with Crippen LogP contribution in [0, 0.1) is 0 Å². The molecule has 3 rings (SSSR count). The van der Waals surface area contributed by atoms with E-state index < -0.39 is 5.97 Å². The zero-order valence-corrected chi connectivity index (χ0v) is 11.9.